The average Bonchev–Trinajstić information content (AvgIpc) is 3.44. The summed E-state index contributed by atoms with van der Waals surface area (Å²) in [6.45, 7) is 1.95. The summed E-state index contributed by atoms with van der Waals surface area (Å²) in [6.07, 6.45) is 5.38. The van der Waals surface area contributed by atoms with Crippen molar-refractivity contribution >= 4 is 33.0 Å². The van der Waals surface area contributed by atoms with Crippen LogP contribution >= 0.6 is 11.6 Å². The maximum Gasteiger partial charge on any atom is 0.259 e. The number of nitrogens with one attached hydrogen (secondary N) is 1. The Bertz CT molecular complexity index is 1210. The van der Waals surface area contributed by atoms with Gasteiger partial charge in [0, 0.05) is 10.7 Å². The summed E-state index contributed by atoms with van der Waals surface area (Å²) in [5.41, 5.74) is 2.40. The zero-order chi connectivity index (χ0) is 22.0. The molecule has 6 nitrogen and oxygen atoms in total. The van der Waals surface area contributed by atoms with Gasteiger partial charge in [-0.1, -0.05) is 43.5 Å². The highest BCUT2D eigenvalue weighted by Crippen LogP contribution is 2.30. The lowest BCUT2D eigenvalue weighted by molar-refractivity contribution is 0.102. The molecule has 31 heavy (non-hydrogen) atoms. The Morgan fingerprint density at radius 1 is 1.16 bits per heavy atom. The number of amides is 1. The van der Waals surface area contributed by atoms with E-state index in [4.69, 9.17) is 11.6 Å². The SMILES string of the molecule is CCc1c(C(=O)Nc2cccc(S(=O)(=O)C3CCCC3)c2)cnn1-c1cccc(Cl)c1. The van der Waals surface area contributed by atoms with E-state index >= 15 is 0 Å². The number of nitrogens with zero attached hydrogens (tertiary/aromatic N) is 2. The summed E-state index contributed by atoms with van der Waals surface area (Å²) < 4.78 is 27.5. The first kappa shape index (κ1) is 21.6. The van der Waals surface area contributed by atoms with Crippen LogP contribution in [0.5, 0.6) is 0 Å². The molecule has 1 heterocycles. The molecule has 0 unspecified atom stereocenters. The highest BCUT2D eigenvalue weighted by molar-refractivity contribution is 7.92. The minimum Gasteiger partial charge on any atom is -0.322 e. The van der Waals surface area contributed by atoms with Crippen LogP contribution in [0.3, 0.4) is 0 Å². The van der Waals surface area contributed by atoms with Gasteiger partial charge in [0.15, 0.2) is 9.84 Å². The van der Waals surface area contributed by atoms with Crippen LogP contribution in [-0.4, -0.2) is 29.4 Å². The van der Waals surface area contributed by atoms with Gasteiger partial charge in [0.1, 0.15) is 0 Å². The van der Waals surface area contributed by atoms with Crippen LogP contribution < -0.4 is 5.32 Å². The quantitative estimate of drug-likeness (QED) is 0.561. The van der Waals surface area contributed by atoms with Crippen molar-refractivity contribution in [2.75, 3.05) is 5.32 Å². The van der Waals surface area contributed by atoms with E-state index in [-0.39, 0.29) is 16.1 Å². The van der Waals surface area contributed by atoms with Crippen molar-refractivity contribution in [2.24, 2.45) is 0 Å². The molecule has 1 saturated carbocycles. The van der Waals surface area contributed by atoms with E-state index in [2.05, 4.69) is 10.4 Å². The van der Waals surface area contributed by atoms with Crippen molar-refractivity contribution in [3.05, 3.63) is 71.0 Å². The number of hydrogen-bond donors (Lipinski definition) is 1. The first-order valence-electron chi connectivity index (χ1n) is 10.4. The second-order valence-electron chi connectivity index (χ2n) is 7.68. The molecule has 162 valence electrons. The van der Waals surface area contributed by atoms with Crippen LogP contribution in [0.1, 0.15) is 48.7 Å². The Balaban J connectivity index is 1.59. The van der Waals surface area contributed by atoms with Crippen LogP contribution in [0.15, 0.2) is 59.6 Å². The number of benzene rings is 2. The number of rotatable bonds is 6. The Morgan fingerprint density at radius 3 is 2.61 bits per heavy atom. The van der Waals surface area contributed by atoms with E-state index in [1.807, 2.05) is 19.1 Å². The summed E-state index contributed by atoms with van der Waals surface area (Å²) >= 11 is 6.10. The number of aromatic nitrogens is 2. The molecular weight excluding hydrogens is 434 g/mol. The number of sulfone groups is 1. The molecule has 0 atom stereocenters. The minimum absolute atomic E-state index is 0.252. The first-order chi connectivity index (χ1) is 14.9. The zero-order valence-corrected chi connectivity index (χ0v) is 18.8. The van der Waals surface area contributed by atoms with Gasteiger partial charge in [0.25, 0.3) is 5.91 Å². The van der Waals surface area contributed by atoms with E-state index in [0.29, 0.717) is 35.5 Å². The summed E-state index contributed by atoms with van der Waals surface area (Å²) in [5.74, 6) is -0.333. The van der Waals surface area contributed by atoms with Gasteiger partial charge in [-0.2, -0.15) is 5.10 Å². The molecule has 1 aliphatic carbocycles. The molecule has 0 bridgehead atoms. The summed E-state index contributed by atoms with van der Waals surface area (Å²) in [5, 5.41) is 7.45. The molecule has 1 fully saturated rings. The topological polar surface area (TPSA) is 81.1 Å². The molecule has 3 aromatic rings. The molecule has 1 aromatic heterocycles. The number of carbonyl (C=O) groups is 1. The van der Waals surface area contributed by atoms with Crippen LogP contribution in [0.4, 0.5) is 5.69 Å². The fraction of sp³-hybridized carbons (Fsp3) is 0.304. The molecule has 1 amide bonds. The van der Waals surface area contributed by atoms with E-state index in [9.17, 15) is 13.2 Å². The third-order valence-corrected chi connectivity index (χ3v) is 8.16. The minimum atomic E-state index is -3.39. The molecule has 1 N–H and O–H groups in total. The van der Waals surface area contributed by atoms with Gasteiger partial charge in [-0.15, -0.1) is 0 Å². The monoisotopic (exact) mass is 457 g/mol. The van der Waals surface area contributed by atoms with Gasteiger partial charge in [-0.05, 0) is 55.7 Å². The van der Waals surface area contributed by atoms with Gasteiger partial charge in [0.2, 0.25) is 0 Å². The van der Waals surface area contributed by atoms with Crippen LogP contribution in [0, 0.1) is 0 Å². The van der Waals surface area contributed by atoms with Crippen LogP contribution in [0.25, 0.3) is 5.69 Å². The molecule has 4 rings (SSSR count). The standard InChI is InChI=1S/C23H24ClN3O3S/c1-2-22-21(15-25-27(22)18-9-5-7-16(24)13-18)23(28)26-17-8-6-12-20(14-17)31(29,30)19-10-3-4-11-19/h5-9,12-15,19H,2-4,10-11H2,1H3,(H,26,28). The smallest absolute Gasteiger partial charge is 0.259 e. The third kappa shape index (κ3) is 4.38. The molecule has 8 heteroatoms. The Hall–Kier alpha value is -2.64. The molecule has 0 radical (unpaired) electrons. The third-order valence-electron chi connectivity index (χ3n) is 5.66. The maximum absolute atomic E-state index is 13.0. The number of carbonyl (C=O) groups excluding carboxylic acids is 1. The van der Waals surface area contributed by atoms with Gasteiger partial charge >= 0.3 is 0 Å². The van der Waals surface area contributed by atoms with Crippen molar-refractivity contribution in [3.8, 4) is 5.69 Å². The summed E-state index contributed by atoms with van der Waals surface area (Å²) in [6, 6.07) is 13.8. The fourth-order valence-electron chi connectivity index (χ4n) is 4.07. The molecule has 0 spiro atoms. The van der Waals surface area contributed by atoms with Gasteiger partial charge in [-0.25, -0.2) is 13.1 Å². The lowest BCUT2D eigenvalue weighted by Crippen LogP contribution is -2.18. The predicted octanol–water partition coefficient (Wildman–Crippen LogP) is 5.06. The van der Waals surface area contributed by atoms with Crippen molar-refractivity contribution in [2.45, 2.75) is 49.2 Å². The van der Waals surface area contributed by atoms with Gasteiger partial charge in [-0.3, -0.25) is 4.79 Å². The number of anilines is 1. The van der Waals surface area contributed by atoms with E-state index in [0.717, 1.165) is 24.2 Å². The van der Waals surface area contributed by atoms with E-state index < -0.39 is 9.84 Å². The lowest BCUT2D eigenvalue weighted by atomic mass is 10.2. The summed E-state index contributed by atoms with van der Waals surface area (Å²) in [4.78, 5) is 13.2. The molecule has 0 aliphatic heterocycles. The number of halogens is 1. The Morgan fingerprint density at radius 2 is 1.90 bits per heavy atom. The molecule has 0 saturated heterocycles. The zero-order valence-electron chi connectivity index (χ0n) is 17.2. The average molecular weight is 458 g/mol. The molecular formula is C23H24ClN3O3S. The van der Waals surface area contributed by atoms with E-state index in [1.165, 1.54) is 6.20 Å². The predicted molar refractivity (Wildman–Crippen MR) is 122 cm³/mol. The van der Waals surface area contributed by atoms with Crippen molar-refractivity contribution in [1.29, 1.82) is 0 Å². The maximum atomic E-state index is 13.0. The fourth-order valence-corrected chi connectivity index (χ4v) is 6.16. The second kappa shape index (κ2) is 8.85. The Labute approximate surface area is 187 Å². The highest BCUT2D eigenvalue weighted by atomic mass is 35.5. The number of hydrogen-bond acceptors (Lipinski definition) is 4. The van der Waals surface area contributed by atoms with E-state index in [1.54, 1.807) is 41.1 Å². The van der Waals surface area contributed by atoms with Crippen LogP contribution in [-0.2, 0) is 16.3 Å². The largest absolute Gasteiger partial charge is 0.322 e. The normalized spacial score (nSPS) is 14.6. The Kier molecular flexibility index (Phi) is 6.16. The van der Waals surface area contributed by atoms with Crippen molar-refractivity contribution in [1.82, 2.24) is 9.78 Å². The first-order valence-corrected chi connectivity index (χ1v) is 12.3. The molecule has 2 aromatic carbocycles. The highest BCUT2D eigenvalue weighted by Gasteiger charge is 2.30. The van der Waals surface area contributed by atoms with Crippen molar-refractivity contribution in [3.63, 3.8) is 0 Å². The summed E-state index contributed by atoms with van der Waals surface area (Å²) in [7, 11) is -3.39. The lowest BCUT2D eigenvalue weighted by Gasteiger charge is -2.13. The van der Waals surface area contributed by atoms with Gasteiger partial charge in [0.05, 0.1) is 33.3 Å². The van der Waals surface area contributed by atoms with Gasteiger partial charge < -0.3 is 5.32 Å². The molecule has 1 aliphatic rings. The van der Waals surface area contributed by atoms with Crippen molar-refractivity contribution < 1.29 is 13.2 Å². The van der Waals surface area contributed by atoms with Crippen LogP contribution in [0.2, 0.25) is 5.02 Å². The second-order valence-corrected chi connectivity index (χ2v) is 10.3.